The number of amides is 1. The molecule has 1 N–H and O–H groups in total. The molecule has 8 heteroatoms. The standard InChI is InChI=1S/C20H24FN3O4/c1-14-18(20(26)27)13-22-24(14)16-8-10-23(11-9-16)19(25)3-2-12-28-17-6-4-15(21)5-7-17/h4-7,13,16H,2-3,8-12H2,1H3,(H,26,27). The molecule has 0 aliphatic carbocycles. The molecule has 0 radical (unpaired) electrons. The van der Waals surface area contributed by atoms with Gasteiger partial charge in [0, 0.05) is 19.5 Å². The number of piperidine rings is 1. The lowest BCUT2D eigenvalue weighted by molar-refractivity contribution is -0.132. The zero-order valence-corrected chi connectivity index (χ0v) is 15.8. The second-order valence-electron chi connectivity index (χ2n) is 6.91. The molecule has 3 rings (SSSR count). The molecule has 2 heterocycles. The number of hydrogen-bond acceptors (Lipinski definition) is 4. The molecule has 2 aromatic rings. The predicted molar refractivity (Wildman–Crippen MR) is 99.9 cm³/mol. The van der Waals surface area contributed by atoms with E-state index in [1.807, 2.05) is 4.90 Å². The van der Waals surface area contributed by atoms with Crippen LogP contribution in [0.25, 0.3) is 0 Å². The highest BCUT2D eigenvalue weighted by atomic mass is 19.1. The molecule has 1 aromatic heterocycles. The minimum Gasteiger partial charge on any atom is -0.494 e. The molecule has 0 unspecified atom stereocenters. The quantitative estimate of drug-likeness (QED) is 0.736. The SMILES string of the molecule is Cc1c(C(=O)O)cnn1C1CCN(C(=O)CCCOc2ccc(F)cc2)CC1. The van der Waals surface area contributed by atoms with Crippen LogP contribution in [0.3, 0.4) is 0 Å². The Morgan fingerprint density at radius 3 is 2.54 bits per heavy atom. The third-order valence-electron chi connectivity index (χ3n) is 5.06. The van der Waals surface area contributed by atoms with Crippen LogP contribution in [-0.2, 0) is 4.79 Å². The molecule has 150 valence electrons. The van der Waals surface area contributed by atoms with Crippen molar-refractivity contribution in [2.75, 3.05) is 19.7 Å². The summed E-state index contributed by atoms with van der Waals surface area (Å²) < 4.78 is 20.1. The van der Waals surface area contributed by atoms with Gasteiger partial charge in [0.2, 0.25) is 5.91 Å². The lowest BCUT2D eigenvalue weighted by Crippen LogP contribution is -2.39. The summed E-state index contributed by atoms with van der Waals surface area (Å²) >= 11 is 0. The summed E-state index contributed by atoms with van der Waals surface area (Å²) in [6.07, 6.45) is 3.88. The lowest BCUT2D eigenvalue weighted by atomic mass is 10.0. The van der Waals surface area contributed by atoms with Gasteiger partial charge in [0.1, 0.15) is 17.1 Å². The number of carboxylic acids is 1. The highest BCUT2D eigenvalue weighted by Crippen LogP contribution is 2.25. The predicted octanol–water partition coefficient (Wildman–Crippen LogP) is 3.05. The van der Waals surface area contributed by atoms with E-state index in [2.05, 4.69) is 5.10 Å². The summed E-state index contributed by atoms with van der Waals surface area (Å²) in [5.74, 6) is -0.607. The smallest absolute Gasteiger partial charge is 0.339 e. The van der Waals surface area contributed by atoms with Gasteiger partial charge < -0.3 is 14.7 Å². The molecule has 1 amide bonds. The van der Waals surface area contributed by atoms with Gasteiger partial charge in [-0.1, -0.05) is 0 Å². The fraction of sp³-hybridized carbons (Fsp3) is 0.450. The first kappa shape index (κ1) is 19.9. The van der Waals surface area contributed by atoms with Gasteiger partial charge in [0.05, 0.1) is 24.5 Å². The number of hydrogen-bond donors (Lipinski definition) is 1. The van der Waals surface area contributed by atoms with E-state index in [-0.39, 0.29) is 23.3 Å². The van der Waals surface area contributed by atoms with Gasteiger partial charge in [-0.25, -0.2) is 9.18 Å². The van der Waals surface area contributed by atoms with Gasteiger partial charge >= 0.3 is 5.97 Å². The number of aromatic carboxylic acids is 1. The minimum absolute atomic E-state index is 0.0876. The van der Waals surface area contributed by atoms with Crippen LogP contribution in [0, 0.1) is 12.7 Å². The van der Waals surface area contributed by atoms with Crippen LogP contribution >= 0.6 is 0 Å². The first-order valence-electron chi connectivity index (χ1n) is 9.39. The normalized spacial score (nSPS) is 14.9. The lowest BCUT2D eigenvalue weighted by Gasteiger charge is -2.32. The summed E-state index contributed by atoms with van der Waals surface area (Å²) in [5.41, 5.74) is 0.870. The van der Waals surface area contributed by atoms with Crippen molar-refractivity contribution in [3.63, 3.8) is 0 Å². The number of aromatic nitrogens is 2. The Balaban J connectivity index is 1.41. The molecule has 28 heavy (non-hydrogen) atoms. The average Bonchev–Trinajstić information content (AvgIpc) is 3.08. The third-order valence-corrected chi connectivity index (χ3v) is 5.06. The zero-order valence-electron chi connectivity index (χ0n) is 15.8. The molecular weight excluding hydrogens is 365 g/mol. The molecule has 0 spiro atoms. The molecule has 1 saturated heterocycles. The summed E-state index contributed by atoms with van der Waals surface area (Å²) in [4.78, 5) is 25.4. The van der Waals surface area contributed by atoms with Gasteiger partial charge in [-0.05, 0) is 50.5 Å². The minimum atomic E-state index is -0.973. The van der Waals surface area contributed by atoms with Gasteiger partial charge in [-0.3, -0.25) is 9.48 Å². The number of ether oxygens (including phenoxy) is 1. The van der Waals surface area contributed by atoms with E-state index >= 15 is 0 Å². The van der Waals surface area contributed by atoms with Gasteiger partial charge in [0.25, 0.3) is 0 Å². The van der Waals surface area contributed by atoms with Crippen LogP contribution in [0.15, 0.2) is 30.5 Å². The molecule has 1 aliphatic rings. The highest BCUT2D eigenvalue weighted by Gasteiger charge is 2.26. The van der Waals surface area contributed by atoms with E-state index < -0.39 is 5.97 Å². The summed E-state index contributed by atoms with van der Waals surface area (Å²) in [6, 6.07) is 5.92. The van der Waals surface area contributed by atoms with Crippen molar-refractivity contribution in [3.8, 4) is 5.75 Å². The van der Waals surface area contributed by atoms with Crippen LogP contribution in [0.2, 0.25) is 0 Å². The van der Waals surface area contributed by atoms with Crippen LogP contribution in [0.1, 0.15) is 47.8 Å². The maximum absolute atomic E-state index is 12.8. The van der Waals surface area contributed by atoms with Crippen molar-refractivity contribution in [2.45, 2.75) is 38.6 Å². The summed E-state index contributed by atoms with van der Waals surface area (Å²) in [6.45, 7) is 3.42. The first-order chi connectivity index (χ1) is 13.5. The molecule has 0 bridgehead atoms. The second kappa shape index (κ2) is 8.86. The molecule has 1 fully saturated rings. The third kappa shape index (κ3) is 4.68. The fourth-order valence-electron chi connectivity index (χ4n) is 3.46. The number of nitrogens with zero attached hydrogens (tertiary/aromatic N) is 3. The number of carboxylic acid groups (broad SMARTS) is 1. The Bertz CT molecular complexity index is 826. The fourth-order valence-corrected chi connectivity index (χ4v) is 3.46. The average molecular weight is 389 g/mol. The zero-order chi connectivity index (χ0) is 20.1. The van der Waals surface area contributed by atoms with Crippen LogP contribution in [0.5, 0.6) is 5.75 Å². The van der Waals surface area contributed by atoms with E-state index in [1.165, 1.54) is 18.3 Å². The van der Waals surface area contributed by atoms with Crippen LogP contribution < -0.4 is 4.74 Å². The van der Waals surface area contributed by atoms with E-state index in [0.717, 1.165) is 12.8 Å². The van der Waals surface area contributed by atoms with Crippen molar-refractivity contribution in [2.24, 2.45) is 0 Å². The van der Waals surface area contributed by atoms with Crippen molar-refractivity contribution >= 4 is 11.9 Å². The highest BCUT2D eigenvalue weighted by molar-refractivity contribution is 5.88. The molecular formula is C20H24FN3O4. The van der Waals surface area contributed by atoms with E-state index in [4.69, 9.17) is 9.84 Å². The van der Waals surface area contributed by atoms with Crippen molar-refractivity contribution in [3.05, 3.63) is 47.5 Å². The maximum atomic E-state index is 12.8. The largest absolute Gasteiger partial charge is 0.494 e. The Morgan fingerprint density at radius 2 is 1.93 bits per heavy atom. The van der Waals surface area contributed by atoms with E-state index in [0.29, 0.717) is 44.0 Å². The number of likely N-dealkylation sites (tertiary alicyclic amines) is 1. The van der Waals surface area contributed by atoms with E-state index in [9.17, 15) is 14.0 Å². The second-order valence-corrected chi connectivity index (χ2v) is 6.91. The summed E-state index contributed by atoms with van der Waals surface area (Å²) in [5, 5.41) is 13.4. The molecule has 7 nitrogen and oxygen atoms in total. The van der Waals surface area contributed by atoms with Gasteiger partial charge in [-0.15, -0.1) is 0 Å². The topological polar surface area (TPSA) is 84.7 Å². The number of benzene rings is 1. The molecule has 0 saturated carbocycles. The monoisotopic (exact) mass is 389 g/mol. The Kier molecular flexibility index (Phi) is 6.28. The Morgan fingerprint density at radius 1 is 1.25 bits per heavy atom. The van der Waals surface area contributed by atoms with Gasteiger partial charge in [-0.2, -0.15) is 5.10 Å². The van der Waals surface area contributed by atoms with Crippen molar-refractivity contribution in [1.82, 2.24) is 14.7 Å². The van der Waals surface area contributed by atoms with Gasteiger partial charge in [0.15, 0.2) is 0 Å². The van der Waals surface area contributed by atoms with E-state index in [1.54, 1.807) is 23.7 Å². The number of rotatable bonds is 7. The molecule has 1 aliphatic heterocycles. The summed E-state index contributed by atoms with van der Waals surface area (Å²) in [7, 11) is 0. The van der Waals surface area contributed by atoms with Crippen LogP contribution in [0.4, 0.5) is 4.39 Å². The number of halogens is 1. The number of carbonyl (C=O) groups is 2. The molecule has 0 atom stereocenters. The Hall–Kier alpha value is -2.90. The first-order valence-corrected chi connectivity index (χ1v) is 9.39. The van der Waals surface area contributed by atoms with Crippen molar-refractivity contribution in [1.29, 1.82) is 0 Å². The Labute approximate surface area is 162 Å². The van der Waals surface area contributed by atoms with Crippen molar-refractivity contribution < 1.29 is 23.8 Å². The maximum Gasteiger partial charge on any atom is 0.339 e. The molecule has 1 aromatic carbocycles. The van der Waals surface area contributed by atoms with Crippen LogP contribution in [-0.4, -0.2) is 51.4 Å². The number of carbonyl (C=O) groups excluding carboxylic acids is 1.